The van der Waals surface area contributed by atoms with Crippen molar-refractivity contribution in [3.05, 3.63) is 34.3 Å². The number of halogens is 1. The number of benzene rings is 1. The number of carbonyl (C=O) groups excluding carboxylic acids is 1. The molecular weight excluding hydrogens is 266 g/mol. The smallest absolute Gasteiger partial charge is 0.132 e. The number of carbonyl (C=O) groups is 1. The van der Waals surface area contributed by atoms with Crippen LogP contribution in [0.4, 0.5) is 0 Å². The van der Waals surface area contributed by atoms with Crippen LogP contribution in [0.1, 0.15) is 37.3 Å². The second-order valence-corrected chi connectivity index (χ2v) is 5.28. The van der Waals surface area contributed by atoms with Crippen molar-refractivity contribution in [2.75, 3.05) is 0 Å². The molecule has 1 saturated carbocycles. The maximum absolute atomic E-state index is 11.2. The zero-order valence-corrected chi connectivity index (χ0v) is 10.7. The SMILES string of the molecule is NC(c1ccccc1Br)C1CCC(=O)CC1. The fraction of sp³-hybridized carbons (Fsp3) is 0.462. The fourth-order valence-corrected chi connectivity index (χ4v) is 2.87. The van der Waals surface area contributed by atoms with Gasteiger partial charge in [-0.3, -0.25) is 4.79 Å². The number of rotatable bonds is 2. The molecule has 1 unspecified atom stereocenters. The van der Waals surface area contributed by atoms with Gasteiger partial charge in [0, 0.05) is 23.4 Å². The first-order valence-corrected chi connectivity index (χ1v) is 6.49. The van der Waals surface area contributed by atoms with Crippen molar-refractivity contribution in [2.45, 2.75) is 31.7 Å². The van der Waals surface area contributed by atoms with Gasteiger partial charge in [-0.25, -0.2) is 0 Å². The summed E-state index contributed by atoms with van der Waals surface area (Å²) >= 11 is 3.53. The highest BCUT2D eigenvalue weighted by Crippen LogP contribution is 2.34. The van der Waals surface area contributed by atoms with Gasteiger partial charge in [0.2, 0.25) is 0 Å². The van der Waals surface area contributed by atoms with Crippen LogP contribution in [0.15, 0.2) is 28.7 Å². The molecule has 1 fully saturated rings. The lowest BCUT2D eigenvalue weighted by molar-refractivity contribution is -0.121. The number of ketones is 1. The van der Waals surface area contributed by atoms with Gasteiger partial charge < -0.3 is 5.73 Å². The van der Waals surface area contributed by atoms with Crippen LogP contribution < -0.4 is 5.73 Å². The van der Waals surface area contributed by atoms with Gasteiger partial charge in [-0.2, -0.15) is 0 Å². The zero-order valence-electron chi connectivity index (χ0n) is 9.16. The van der Waals surface area contributed by atoms with Gasteiger partial charge >= 0.3 is 0 Å². The molecule has 1 aromatic rings. The monoisotopic (exact) mass is 281 g/mol. The summed E-state index contributed by atoms with van der Waals surface area (Å²) < 4.78 is 1.07. The molecule has 1 aromatic carbocycles. The molecule has 0 heterocycles. The Labute approximate surface area is 104 Å². The predicted octanol–water partition coefficient (Wildman–Crippen LogP) is 3.21. The van der Waals surface area contributed by atoms with Crippen LogP contribution in [0, 0.1) is 5.92 Å². The van der Waals surface area contributed by atoms with E-state index in [1.807, 2.05) is 18.2 Å². The van der Waals surface area contributed by atoms with E-state index in [-0.39, 0.29) is 6.04 Å². The molecule has 2 rings (SSSR count). The summed E-state index contributed by atoms with van der Waals surface area (Å²) in [4.78, 5) is 11.2. The van der Waals surface area contributed by atoms with Gasteiger partial charge in [0.1, 0.15) is 5.78 Å². The molecule has 0 bridgehead atoms. The van der Waals surface area contributed by atoms with Gasteiger partial charge in [0.25, 0.3) is 0 Å². The highest BCUT2D eigenvalue weighted by molar-refractivity contribution is 9.10. The molecule has 16 heavy (non-hydrogen) atoms. The molecular formula is C13H16BrNO. The average molecular weight is 282 g/mol. The highest BCUT2D eigenvalue weighted by Gasteiger charge is 2.25. The van der Waals surface area contributed by atoms with E-state index in [9.17, 15) is 4.79 Å². The fourth-order valence-electron chi connectivity index (χ4n) is 2.32. The third-order valence-electron chi connectivity index (χ3n) is 3.36. The van der Waals surface area contributed by atoms with E-state index in [0.29, 0.717) is 24.5 Å². The van der Waals surface area contributed by atoms with Crippen LogP contribution in [-0.2, 0) is 4.79 Å². The lowest BCUT2D eigenvalue weighted by atomic mass is 9.81. The summed E-state index contributed by atoms with van der Waals surface area (Å²) in [6.07, 6.45) is 3.26. The normalized spacial score (nSPS) is 19.8. The average Bonchev–Trinajstić information content (AvgIpc) is 2.30. The molecule has 0 spiro atoms. The van der Waals surface area contributed by atoms with E-state index in [2.05, 4.69) is 22.0 Å². The van der Waals surface area contributed by atoms with Crippen molar-refractivity contribution >= 4 is 21.7 Å². The zero-order chi connectivity index (χ0) is 11.5. The molecule has 2 N–H and O–H groups in total. The standard InChI is InChI=1S/C13H16BrNO/c14-12-4-2-1-3-11(12)13(15)9-5-7-10(16)8-6-9/h1-4,9,13H,5-8,15H2. The predicted molar refractivity (Wildman–Crippen MR) is 68.0 cm³/mol. The molecule has 1 atom stereocenters. The Balaban J connectivity index is 2.10. The summed E-state index contributed by atoms with van der Waals surface area (Å²) in [6.45, 7) is 0. The molecule has 0 amide bonds. The van der Waals surface area contributed by atoms with Crippen LogP contribution in [0.5, 0.6) is 0 Å². The molecule has 3 heteroatoms. The van der Waals surface area contributed by atoms with E-state index in [4.69, 9.17) is 5.73 Å². The van der Waals surface area contributed by atoms with Gasteiger partial charge in [0.05, 0.1) is 0 Å². The minimum Gasteiger partial charge on any atom is -0.324 e. The van der Waals surface area contributed by atoms with Crippen molar-refractivity contribution in [3.8, 4) is 0 Å². The molecule has 1 aliphatic rings. The van der Waals surface area contributed by atoms with Gasteiger partial charge in [-0.1, -0.05) is 34.1 Å². The van der Waals surface area contributed by atoms with Crippen LogP contribution in [-0.4, -0.2) is 5.78 Å². The van der Waals surface area contributed by atoms with E-state index in [1.54, 1.807) is 0 Å². The summed E-state index contributed by atoms with van der Waals surface area (Å²) in [5.74, 6) is 0.826. The number of Topliss-reactive ketones (excluding diaryl/α,β-unsaturated/α-hetero) is 1. The van der Waals surface area contributed by atoms with Crippen molar-refractivity contribution in [3.63, 3.8) is 0 Å². The highest BCUT2D eigenvalue weighted by atomic mass is 79.9. The summed E-state index contributed by atoms with van der Waals surface area (Å²) in [6, 6.07) is 8.12. The number of hydrogen-bond donors (Lipinski definition) is 1. The first kappa shape index (κ1) is 11.8. The van der Waals surface area contributed by atoms with E-state index in [0.717, 1.165) is 22.9 Å². The van der Waals surface area contributed by atoms with Crippen LogP contribution >= 0.6 is 15.9 Å². The van der Waals surface area contributed by atoms with E-state index >= 15 is 0 Å². The van der Waals surface area contributed by atoms with Gasteiger partial charge in [-0.15, -0.1) is 0 Å². The summed E-state index contributed by atoms with van der Waals surface area (Å²) in [5, 5.41) is 0. The Hall–Kier alpha value is -0.670. The Morgan fingerprint density at radius 2 is 1.88 bits per heavy atom. The Bertz CT molecular complexity index is 381. The minimum absolute atomic E-state index is 0.0451. The van der Waals surface area contributed by atoms with Crippen molar-refractivity contribution in [2.24, 2.45) is 11.7 Å². The molecule has 2 nitrogen and oxygen atoms in total. The molecule has 0 saturated heterocycles. The van der Waals surface area contributed by atoms with Gasteiger partial charge in [-0.05, 0) is 30.4 Å². The quantitative estimate of drug-likeness (QED) is 0.905. The Kier molecular flexibility index (Phi) is 3.77. The van der Waals surface area contributed by atoms with Crippen molar-refractivity contribution < 1.29 is 4.79 Å². The lowest BCUT2D eigenvalue weighted by Gasteiger charge is -2.27. The maximum Gasteiger partial charge on any atom is 0.132 e. The van der Waals surface area contributed by atoms with Crippen molar-refractivity contribution in [1.29, 1.82) is 0 Å². The molecule has 0 radical (unpaired) electrons. The molecule has 1 aliphatic carbocycles. The second kappa shape index (κ2) is 5.11. The first-order valence-electron chi connectivity index (χ1n) is 5.70. The largest absolute Gasteiger partial charge is 0.324 e. The van der Waals surface area contributed by atoms with Crippen LogP contribution in [0.25, 0.3) is 0 Å². The molecule has 0 aliphatic heterocycles. The molecule has 0 aromatic heterocycles. The summed E-state index contributed by atoms with van der Waals surface area (Å²) in [5.41, 5.74) is 7.43. The second-order valence-electron chi connectivity index (χ2n) is 4.42. The third kappa shape index (κ3) is 2.53. The summed E-state index contributed by atoms with van der Waals surface area (Å²) in [7, 11) is 0. The van der Waals surface area contributed by atoms with Crippen molar-refractivity contribution in [1.82, 2.24) is 0 Å². The van der Waals surface area contributed by atoms with Gasteiger partial charge in [0.15, 0.2) is 0 Å². The first-order chi connectivity index (χ1) is 7.68. The lowest BCUT2D eigenvalue weighted by Crippen LogP contribution is -2.26. The van der Waals surface area contributed by atoms with E-state index in [1.165, 1.54) is 0 Å². The van der Waals surface area contributed by atoms with Crippen LogP contribution in [0.2, 0.25) is 0 Å². The third-order valence-corrected chi connectivity index (χ3v) is 4.08. The topological polar surface area (TPSA) is 43.1 Å². The molecule has 86 valence electrons. The number of nitrogens with two attached hydrogens (primary N) is 1. The maximum atomic E-state index is 11.2. The Morgan fingerprint density at radius 3 is 2.50 bits per heavy atom. The minimum atomic E-state index is 0.0451. The van der Waals surface area contributed by atoms with E-state index < -0.39 is 0 Å². The van der Waals surface area contributed by atoms with Crippen LogP contribution in [0.3, 0.4) is 0 Å². The number of hydrogen-bond acceptors (Lipinski definition) is 2. The Morgan fingerprint density at radius 1 is 1.25 bits per heavy atom.